The van der Waals surface area contributed by atoms with Gasteiger partial charge in [-0.05, 0) is 55.0 Å². The summed E-state index contributed by atoms with van der Waals surface area (Å²) in [6, 6.07) is 11.8. The van der Waals surface area contributed by atoms with Crippen molar-refractivity contribution in [3.05, 3.63) is 76.6 Å². The molecular formula is C26H23F2N5O2. The lowest BCUT2D eigenvalue weighted by molar-refractivity contribution is -0.131. The van der Waals surface area contributed by atoms with Gasteiger partial charge in [0.05, 0.1) is 11.2 Å². The average Bonchev–Trinajstić information content (AvgIpc) is 3.52. The predicted molar refractivity (Wildman–Crippen MR) is 126 cm³/mol. The zero-order valence-corrected chi connectivity index (χ0v) is 18.9. The zero-order chi connectivity index (χ0) is 24.1. The van der Waals surface area contributed by atoms with Gasteiger partial charge in [-0.15, -0.1) is 0 Å². The van der Waals surface area contributed by atoms with Crippen LogP contribution in [0.4, 0.5) is 8.78 Å². The van der Waals surface area contributed by atoms with Crippen molar-refractivity contribution in [3.63, 3.8) is 0 Å². The van der Waals surface area contributed by atoms with Gasteiger partial charge >= 0.3 is 5.69 Å². The van der Waals surface area contributed by atoms with E-state index in [2.05, 4.69) is 15.2 Å². The maximum atomic E-state index is 15.3. The molecule has 0 radical (unpaired) electrons. The molecule has 35 heavy (non-hydrogen) atoms. The fourth-order valence-corrected chi connectivity index (χ4v) is 4.93. The molecule has 1 saturated carbocycles. The van der Waals surface area contributed by atoms with E-state index in [-0.39, 0.29) is 29.0 Å². The summed E-state index contributed by atoms with van der Waals surface area (Å²) < 4.78 is 31.7. The van der Waals surface area contributed by atoms with Crippen LogP contribution in [0.2, 0.25) is 0 Å². The first-order valence-corrected chi connectivity index (χ1v) is 11.8. The van der Waals surface area contributed by atoms with Crippen LogP contribution in [0.3, 0.4) is 0 Å². The number of halogens is 2. The normalized spacial score (nSPS) is 17.9. The van der Waals surface area contributed by atoms with E-state index < -0.39 is 17.3 Å². The number of fused-ring (bicyclic) bond motifs is 1. The monoisotopic (exact) mass is 475 g/mol. The Balaban J connectivity index is 1.29. The number of pyridine rings is 1. The summed E-state index contributed by atoms with van der Waals surface area (Å²) in [6.45, 7) is 1.26. The predicted octanol–water partition coefficient (Wildman–Crippen LogP) is 3.86. The number of amides is 1. The van der Waals surface area contributed by atoms with E-state index in [1.165, 1.54) is 12.1 Å². The van der Waals surface area contributed by atoms with E-state index in [0.29, 0.717) is 36.4 Å². The first-order valence-electron chi connectivity index (χ1n) is 11.8. The van der Waals surface area contributed by atoms with Gasteiger partial charge in [-0.2, -0.15) is 5.10 Å². The minimum absolute atomic E-state index is 0.0851. The lowest BCUT2D eigenvalue weighted by Gasteiger charge is -2.16. The summed E-state index contributed by atoms with van der Waals surface area (Å²) in [7, 11) is 0. The summed E-state index contributed by atoms with van der Waals surface area (Å²) in [5.41, 5.74) is 0.424. The van der Waals surface area contributed by atoms with Crippen molar-refractivity contribution >= 4 is 16.8 Å². The molecule has 6 rings (SSSR count). The fraction of sp³-hybridized carbons (Fsp3) is 0.308. The van der Waals surface area contributed by atoms with Gasteiger partial charge in [-0.1, -0.05) is 18.2 Å². The number of aromatic amines is 1. The number of carbonyl (C=O) groups excluding carboxylic acids is 1. The Labute approximate surface area is 199 Å². The highest BCUT2D eigenvalue weighted by Crippen LogP contribution is 2.34. The van der Waals surface area contributed by atoms with Crippen LogP contribution in [0.5, 0.6) is 0 Å². The first-order chi connectivity index (χ1) is 17.0. The number of likely N-dealkylation sites (tertiary alicyclic amines) is 1. The molecule has 1 atom stereocenters. The number of hydrogen-bond acceptors (Lipinski definition) is 4. The van der Waals surface area contributed by atoms with Gasteiger partial charge in [-0.25, -0.2) is 23.2 Å². The second-order valence-corrected chi connectivity index (χ2v) is 9.37. The topological polar surface area (TPSA) is 83.9 Å². The van der Waals surface area contributed by atoms with Gasteiger partial charge in [0.25, 0.3) is 0 Å². The van der Waals surface area contributed by atoms with Crippen molar-refractivity contribution in [1.29, 1.82) is 0 Å². The molecule has 9 heteroatoms. The molecule has 178 valence electrons. The minimum Gasteiger partial charge on any atom is -0.342 e. The van der Waals surface area contributed by atoms with Crippen LogP contribution < -0.4 is 5.69 Å². The highest BCUT2D eigenvalue weighted by molar-refractivity contribution is 5.84. The Bertz CT molecular complexity index is 1510. The van der Waals surface area contributed by atoms with Crippen molar-refractivity contribution in [2.75, 3.05) is 13.1 Å². The number of hydrogen-bond donors (Lipinski definition) is 1. The first kappa shape index (κ1) is 21.6. The molecule has 0 spiro atoms. The molecule has 0 bridgehead atoms. The SMILES string of the molecule is O=C(C1CC1)N1CCC(Cc2n[nH]c(=O)n2-c2ccc(-c3ccc4cccnc4c3)c(F)c2F)C1. The number of carbonyl (C=O) groups is 1. The molecule has 1 amide bonds. The lowest BCUT2D eigenvalue weighted by atomic mass is 10.0. The second kappa shape index (κ2) is 8.41. The van der Waals surface area contributed by atoms with Gasteiger partial charge in [0.1, 0.15) is 5.82 Å². The molecule has 1 saturated heterocycles. The van der Waals surface area contributed by atoms with Crippen molar-refractivity contribution in [2.24, 2.45) is 11.8 Å². The molecule has 1 unspecified atom stereocenters. The van der Waals surface area contributed by atoms with E-state index >= 15 is 8.78 Å². The third-order valence-corrected chi connectivity index (χ3v) is 6.96. The second-order valence-electron chi connectivity index (χ2n) is 9.37. The maximum absolute atomic E-state index is 15.3. The molecule has 2 aliphatic rings. The molecule has 7 nitrogen and oxygen atoms in total. The number of benzene rings is 2. The molecule has 1 N–H and O–H groups in total. The molecule has 2 fully saturated rings. The molecule has 2 aromatic heterocycles. The van der Waals surface area contributed by atoms with Crippen LogP contribution in [0, 0.1) is 23.5 Å². The van der Waals surface area contributed by atoms with Gasteiger partial charge < -0.3 is 4.90 Å². The van der Waals surface area contributed by atoms with Crippen LogP contribution in [0.1, 0.15) is 25.1 Å². The van der Waals surface area contributed by atoms with Gasteiger partial charge in [0, 0.05) is 42.6 Å². The molecule has 1 aliphatic heterocycles. The average molecular weight is 475 g/mol. The van der Waals surface area contributed by atoms with Crippen LogP contribution in [0.25, 0.3) is 27.7 Å². The Morgan fingerprint density at radius 3 is 2.77 bits per heavy atom. The Morgan fingerprint density at radius 2 is 1.94 bits per heavy atom. The fourth-order valence-electron chi connectivity index (χ4n) is 4.93. The highest BCUT2D eigenvalue weighted by atomic mass is 19.2. The van der Waals surface area contributed by atoms with E-state index in [0.717, 1.165) is 29.2 Å². The third-order valence-electron chi connectivity index (χ3n) is 6.96. The summed E-state index contributed by atoms with van der Waals surface area (Å²) >= 11 is 0. The largest absolute Gasteiger partial charge is 0.348 e. The van der Waals surface area contributed by atoms with E-state index in [9.17, 15) is 9.59 Å². The van der Waals surface area contributed by atoms with Crippen molar-refractivity contribution in [1.82, 2.24) is 24.6 Å². The lowest BCUT2D eigenvalue weighted by Crippen LogP contribution is -2.30. The van der Waals surface area contributed by atoms with Gasteiger partial charge in [0.2, 0.25) is 5.91 Å². The van der Waals surface area contributed by atoms with E-state index in [1.807, 2.05) is 17.0 Å². The van der Waals surface area contributed by atoms with E-state index in [1.54, 1.807) is 24.4 Å². The third kappa shape index (κ3) is 3.90. The standard InChI is InChI=1S/C26H23F2N5O2/c27-23-19(18-6-3-16-2-1-10-29-20(16)13-18)7-8-21(24(23)28)33-22(30-31-26(33)35)12-15-9-11-32(14-15)25(34)17-4-5-17/h1-3,6-8,10,13,15,17H,4-5,9,11-12,14H2,(H,31,35). The molecular weight excluding hydrogens is 452 g/mol. The Kier molecular flexibility index (Phi) is 5.20. The van der Waals surface area contributed by atoms with Crippen LogP contribution in [0.15, 0.2) is 53.5 Å². The number of aromatic nitrogens is 4. The number of rotatable bonds is 5. The summed E-state index contributed by atoms with van der Waals surface area (Å²) in [5.74, 6) is -1.39. The van der Waals surface area contributed by atoms with Crippen molar-refractivity contribution in [2.45, 2.75) is 25.7 Å². The number of H-pyrrole nitrogens is 1. The molecule has 1 aliphatic carbocycles. The smallest absolute Gasteiger partial charge is 0.342 e. The highest BCUT2D eigenvalue weighted by Gasteiger charge is 2.37. The molecule has 4 aromatic rings. The van der Waals surface area contributed by atoms with Gasteiger partial charge in [-0.3, -0.25) is 9.78 Å². The molecule has 2 aromatic carbocycles. The molecule has 3 heterocycles. The van der Waals surface area contributed by atoms with E-state index in [4.69, 9.17) is 0 Å². The summed E-state index contributed by atoms with van der Waals surface area (Å²) in [6.07, 6.45) is 4.72. The number of nitrogens with one attached hydrogen (secondary N) is 1. The Hall–Kier alpha value is -3.88. The number of nitrogens with zero attached hydrogens (tertiary/aromatic N) is 4. The van der Waals surface area contributed by atoms with Crippen LogP contribution in [-0.2, 0) is 11.2 Å². The maximum Gasteiger partial charge on any atom is 0.348 e. The van der Waals surface area contributed by atoms with Crippen molar-refractivity contribution < 1.29 is 13.6 Å². The minimum atomic E-state index is -1.12. The van der Waals surface area contributed by atoms with Gasteiger partial charge in [0.15, 0.2) is 11.6 Å². The quantitative estimate of drug-likeness (QED) is 0.475. The van der Waals surface area contributed by atoms with Crippen molar-refractivity contribution in [3.8, 4) is 16.8 Å². The summed E-state index contributed by atoms with van der Waals surface area (Å²) in [4.78, 5) is 31.0. The summed E-state index contributed by atoms with van der Waals surface area (Å²) in [5, 5.41) is 7.34. The van der Waals surface area contributed by atoms with Crippen LogP contribution >= 0.6 is 0 Å². The zero-order valence-electron chi connectivity index (χ0n) is 18.9. The Morgan fingerprint density at radius 1 is 1.09 bits per heavy atom. The van der Waals surface area contributed by atoms with Crippen LogP contribution in [-0.4, -0.2) is 43.6 Å².